The molecule has 0 saturated heterocycles. The fourth-order valence-corrected chi connectivity index (χ4v) is 1.99. The molecule has 0 aliphatic heterocycles. The molecule has 0 radical (unpaired) electrons. The highest BCUT2D eigenvalue weighted by molar-refractivity contribution is 5.78. The Morgan fingerprint density at radius 3 is 1.90 bits per heavy atom. The molecule has 1 unspecified atom stereocenters. The van der Waals surface area contributed by atoms with Crippen LogP contribution in [-0.4, -0.2) is 18.4 Å². The topological polar surface area (TPSA) is 43.4 Å². The van der Waals surface area contributed by atoms with Gasteiger partial charge in [-0.3, -0.25) is 9.59 Å². The van der Waals surface area contributed by atoms with Crippen molar-refractivity contribution in [3.8, 4) is 0 Å². The van der Waals surface area contributed by atoms with Crippen LogP contribution in [0.1, 0.15) is 85.0 Å². The molecule has 1 atom stereocenters. The number of ketones is 1. The van der Waals surface area contributed by atoms with Gasteiger partial charge in [-0.2, -0.15) is 0 Å². The first-order valence-corrected chi connectivity index (χ1v) is 8.24. The van der Waals surface area contributed by atoms with Crippen molar-refractivity contribution in [3.05, 3.63) is 0 Å². The van der Waals surface area contributed by atoms with Crippen molar-refractivity contribution in [2.75, 3.05) is 6.61 Å². The minimum atomic E-state index is -0.179. The van der Waals surface area contributed by atoms with Crippen LogP contribution in [0.5, 0.6) is 0 Å². The van der Waals surface area contributed by atoms with E-state index >= 15 is 0 Å². The molecule has 20 heavy (non-hydrogen) atoms. The van der Waals surface area contributed by atoms with E-state index in [4.69, 9.17) is 4.74 Å². The minimum absolute atomic E-state index is 0.0703. The second-order valence-corrected chi connectivity index (χ2v) is 5.77. The summed E-state index contributed by atoms with van der Waals surface area (Å²) in [5.74, 6) is -0.274. The molecule has 0 heterocycles. The fourth-order valence-electron chi connectivity index (χ4n) is 1.99. The van der Waals surface area contributed by atoms with E-state index in [2.05, 4.69) is 6.92 Å². The van der Waals surface area contributed by atoms with E-state index in [9.17, 15) is 9.59 Å². The van der Waals surface area contributed by atoms with Crippen LogP contribution in [0.3, 0.4) is 0 Å². The SMILES string of the molecule is CCCCCCCCCCCC(=O)OCC(C)C(C)=O. The lowest BCUT2D eigenvalue weighted by Crippen LogP contribution is -2.17. The molecule has 0 saturated carbocycles. The molecular weight excluding hydrogens is 252 g/mol. The summed E-state index contributed by atoms with van der Waals surface area (Å²) in [4.78, 5) is 22.4. The van der Waals surface area contributed by atoms with Gasteiger partial charge in [-0.05, 0) is 13.3 Å². The van der Waals surface area contributed by atoms with E-state index in [0.717, 1.165) is 12.8 Å². The zero-order valence-electron chi connectivity index (χ0n) is 13.6. The van der Waals surface area contributed by atoms with Gasteiger partial charge in [-0.1, -0.05) is 65.2 Å². The van der Waals surface area contributed by atoms with E-state index in [-0.39, 0.29) is 24.3 Å². The Hall–Kier alpha value is -0.860. The Kier molecular flexibility index (Phi) is 12.6. The summed E-state index contributed by atoms with van der Waals surface area (Å²) < 4.78 is 5.08. The maximum absolute atomic E-state index is 11.4. The van der Waals surface area contributed by atoms with Crippen molar-refractivity contribution in [1.82, 2.24) is 0 Å². The Balaban J connectivity index is 3.29. The third-order valence-electron chi connectivity index (χ3n) is 3.67. The van der Waals surface area contributed by atoms with Gasteiger partial charge in [0, 0.05) is 12.3 Å². The molecule has 0 aliphatic carbocycles. The molecule has 3 heteroatoms. The van der Waals surface area contributed by atoms with Crippen LogP contribution in [0.25, 0.3) is 0 Å². The number of carbonyl (C=O) groups excluding carboxylic acids is 2. The van der Waals surface area contributed by atoms with Crippen molar-refractivity contribution in [2.45, 2.75) is 85.0 Å². The summed E-state index contributed by atoms with van der Waals surface area (Å²) in [6, 6.07) is 0. The molecule has 0 aromatic heterocycles. The maximum Gasteiger partial charge on any atom is 0.305 e. The van der Waals surface area contributed by atoms with Crippen molar-refractivity contribution < 1.29 is 14.3 Å². The van der Waals surface area contributed by atoms with Gasteiger partial charge >= 0.3 is 5.97 Å². The number of rotatable bonds is 13. The minimum Gasteiger partial charge on any atom is -0.465 e. The number of Topliss-reactive ketones (excluding diaryl/α,β-unsaturated/α-hetero) is 1. The van der Waals surface area contributed by atoms with Gasteiger partial charge < -0.3 is 4.74 Å². The highest BCUT2D eigenvalue weighted by atomic mass is 16.5. The highest BCUT2D eigenvalue weighted by Gasteiger charge is 2.10. The number of hydrogen-bond donors (Lipinski definition) is 0. The first-order valence-electron chi connectivity index (χ1n) is 8.24. The molecule has 0 N–H and O–H groups in total. The molecule has 0 aliphatic rings. The third-order valence-corrected chi connectivity index (χ3v) is 3.67. The van der Waals surface area contributed by atoms with Crippen molar-refractivity contribution in [1.29, 1.82) is 0 Å². The monoisotopic (exact) mass is 284 g/mol. The summed E-state index contributed by atoms with van der Waals surface area (Å²) >= 11 is 0. The van der Waals surface area contributed by atoms with Crippen LogP contribution in [-0.2, 0) is 14.3 Å². The van der Waals surface area contributed by atoms with Crippen molar-refractivity contribution in [3.63, 3.8) is 0 Å². The second kappa shape index (κ2) is 13.1. The van der Waals surface area contributed by atoms with Gasteiger partial charge in [-0.25, -0.2) is 0 Å². The first-order chi connectivity index (χ1) is 9.57. The molecule has 0 spiro atoms. The summed E-state index contributed by atoms with van der Waals surface area (Å²) in [5.41, 5.74) is 0. The molecule has 0 rings (SSSR count). The molecule has 0 fully saturated rings. The van der Waals surface area contributed by atoms with Gasteiger partial charge in [0.1, 0.15) is 12.4 Å². The summed E-state index contributed by atoms with van der Waals surface area (Å²) in [7, 11) is 0. The van der Waals surface area contributed by atoms with E-state index < -0.39 is 0 Å². The number of ether oxygens (including phenoxy) is 1. The number of esters is 1. The van der Waals surface area contributed by atoms with Gasteiger partial charge in [0.2, 0.25) is 0 Å². The van der Waals surface area contributed by atoms with Crippen LogP contribution < -0.4 is 0 Å². The van der Waals surface area contributed by atoms with Crippen LogP contribution in [0.15, 0.2) is 0 Å². The second-order valence-electron chi connectivity index (χ2n) is 5.77. The number of carbonyl (C=O) groups is 2. The number of unbranched alkanes of at least 4 members (excludes halogenated alkanes) is 8. The van der Waals surface area contributed by atoms with E-state index in [1.807, 2.05) is 0 Å². The lowest BCUT2D eigenvalue weighted by atomic mass is 10.1. The molecule has 0 aromatic carbocycles. The molecule has 3 nitrogen and oxygen atoms in total. The van der Waals surface area contributed by atoms with Crippen molar-refractivity contribution in [2.24, 2.45) is 5.92 Å². The van der Waals surface area contributed by atoms with Gasteiger partial charge in [0.25, 0.3) is 0 Å². The Labute approximate surface area is 124 Å². The van der Waals surface area contributed by atoms with E-state index in [0.29, 0.717) is 6.42 Å². The highest BCUT2D eigenvalue weighted by Crippen LogP contribution is 2.11. The quantitative estimate of drug-likeness (QED) is 0.364. The van der Waals surface area contributed by atoms with Crippen LogP contribution >= 0.6 is 0 Å². The molecule has 0 aromatic rings. The lowest BCUT2D eigenvalue weighted by Gasteiger charge is -2.08. The fraction of sp³-hybridized carbons (Fsp3) is 0.882. The average molecular weight is 284 g/mol. The molecule has 0 amide bonds. The van der Waals surface area contributed by atoms with Crippen LogP contribution in [0, 0.1) is 5.92 Å². The van der Waals surface area contributed by atoms with Gasteiger partial charge in [-0.15, -0.1) is 0 Å². The smallest absolute Gasteiger partial charge is 0.305 e. The predicted octanol–water partition coefficient (Wildman–Crippen LogP) is 4.68. The van der Waals surface area contributed by atoms with Gasteiger partial charge in [0.15, 0.2) is 0 Å². The Bertz CT molecular complexity index is 261. The Morgan fingerprint density at radius 2 is 1.40 bits per heavy atom. The van der Waals surface area contributed by atoms with Crippen LogP contribution in [0.2, 0.25) is 0 Å². The summed E-state index contributed by atoms with van der Waals surface area (Å²) in [6.45, 7) is 5.77. The number of hydrogen-bond acceptors (Lipinski definition) is 3. The predicted molar refractivity (Wildman–Crippen MR) is 82.6 cm³/mol. The average Bonchev–Trinajstić information content (AvgIpc) is 2.42. The largest absolute Gasteiger partial charge is 0.465 e. The molecule has 0 bridgehead atoms. The Morgan fingerprint density at radius 1 is 0.900 bits per heavy atom. The third kappa shape index (κ3) is 12.2. The standard InChI is InChI=1S/C17H32O3/c1-4-5-6-7-8-9-10-11-12-13-17(19)20-14-15(2)16(3)18/h15H,4-14H2,1-3H3. The van der Waals surface area contributed by atoms with Crippen LogP contribution in [0.4, 0.5) is 0 Å². The van der Waals surface area contributed by atoms with E-state index in [1.165, 1.54) is 51.9 Å². The summed E-state index contributed by atoms with van der Waals surface area (Å²) in [6.07, 6.45) is 11.7. The summed E-state index contributed by atoms with van der Waals surface area (Å²) in [5, 5.41) is 0. The maximum atomic E-state index is 11.4. The molecule has 118 valence electrons. The van der Waals surface area contributed by atoms with E-state index in [1.54, 1.807) is 6.92 Å². The lowest BCUT2D eigenvalue weighted by molar-refractivity contribution is -0.145. The zero-order valence-corrected chi connectivity index (χ0v) is 13.6. The van der Waals surface area contributed by atoms with Gasteiger partial charge in [0.05, 0.1) is 0 Å². The normalized spacial score (nSPS) is 12.2. The van der Waals surface area contributed by atoms with Crippen molar-refractivity contribution >= 4 is 11.8 Å². The zero-order chi connectivity index (χ0) is 15.2. The molecular formula is C17H32O3. The first kappa shape index (κ1) is 19.1.